The largest absolute Gasteiger partial charge is 0.383 e. The van der Waals surface area contributed by atoms with Gasteiger partial charge >= 0.3 is 0 Å². The second kappa shape index (κ2) is 40.1. The Kier molecular flexibility index (Phi) is 29.4. The van der Waals surface area contributed by atoms with Gasteiger partial charge < -0.3 is 71.9 Å². The van der Waals surface area contributed by atoms with Crippen molar-refractivity contribution in [3.8, 4) is 45.0 Å². The first-order chi connectivity index (χ1) is 61.0. The SMILES string of the molecule is Cc1ccc(F)cc1C(=O)NCc1ccc(-c2nn(C(C)C)c(N)c2C(N)=O)c(F)c1F.Cc1ccc(F)cc1C(=O)NCc1ccc(-c2nn(C(C)C)c(N)c2C(N)=O)cc1.Cc1ccc(F)cc1C(=O)NCc1ccc(-c2nn(C3CCOC3)c(N)c2C(N)=O)cc1.Cc1ccccc1C(=O)NCc1ccc(-c2nn(C3CN(C)CC3(F)F)c(N)c2C(N)=O)cc1F. The van der Waals surface area contributed by atoms with E-state index in [4.69, 9.17) is 50.6 Å². The van der Waals surface area contributed by atoms with Crippen molar-refractivity contribution in [2.75, 3.05) is 56.3 Å². The normalized spacial score (nSPS) is 13.9. The van der Waals surface area contributed by atoms with E-state index in [0.717, 1.165) is 39.9 Å². The lowest BCUT2D eigenvalue weighted by molar-refractivity contribution is -0.0233. The van der Waals surface area contributed by atoms with E-state index in [2.05, 4.69) is 41.7 Å². The van der Waals surface area contributed by atoms with Crippen LogP contribution in [0.2, 0.25) is 0 Å². The molecule has 38 heteroatoms. The lowest BCUT2D eigenvalue weighted by Gasteiger charge is -2.19. The number of likely N-dealkylation sites (tertiary alicyclic amines) is 1. The number of nitrogen functional groups attached to an aromatic ring is 4. The third kappa shape index (κ3) is 21.4. The second-order valence-electron chi connectivity index (χ2n) is 31.4. The summed E-state index contributed by atoms with van der Waals surface area (Å²) in [5.41, 5.74) is 53.4. The van der Waals surface area contributed by atoms with Crippen molar-refractivity contribution in [2.24, 2.45) is 22.9 Å². The molecule has 2 aliphatic rings. The number of amides is 8. The van der Waals surface area contributed by atoms with Gasteiger partial charge in [-0.3, -0.25) is 43.3 Å². The lowest BCUT2D eigenvalue weighted by atomic mass is 10.0. The summed E-state index contributed by atoms with van der Waals surface area (Å²) in [6.07, 6.45) is 0.757. The van der Waals surface area contributed by atoms with Gasteiger partial charge in [-0.15, -0.1) is 0 Å². The topological polar surface area (TPSA) is 477 Å². The number of likely N-dealkylation sites (N-methyl/N-ethyl adjacent to an activating group) is 1. The Morgan fingerprint density at radius 1 is 0.442 bits per heavy atom. The van der Waals surface area contributed by atoms with Crippen LogP contribution in [-0.4, -0.2) is 131 Å². The van der Waals surface area contributed by atoms with E-state index in [1.54, 1.807) is 106 Å². The average Bonchev–Trinajstić information content (AvgIpc) is 1.61. The van der Waals surface area contributed by atoms with Gasteiger partial charge in [0.15, 0.2) is 11.6 Å². The van der Waals surface area contributed by atoms with Gasteiger partial charge in [0.1, 0.15) is 97.6 Å². The van der Waals surface area contributed by atoms with Crippen molar-refractivity contribution in [2.45, 2.75) is 118 Å². The van der Waals surface area contributed by atoms with Crippen LogP contribution >= 0.6 is 0 Å². The summed E-state index contributed by atoms with van der Waals surface area (Å²) < 4.78 is 125. The number of halogens is 8. The minimum absolute atomic E-state index is 0.0300. The van der Waals surface area contributed by atoms with Crippen molar-refractivity contribution in [3.05, 3.63) is 282 Å². The zero-order valence-corrected chi connectivity index (χ0v) is 71.5. The van der Waals surface area contributed by atoms with Crippen LogP contribution in [0.15, 0.2) is 158 Å². The fourth-order valence-corrected chi connectivity index (χ4v) is 14.5. The Morgan fingerprint density at radius 3 is 1.26 bits per heavy atom. The lowest BCUT2D eigenvalue weighted by Crippen LogP contribution is -2.31. The number of nitrogens with one attached hydrogen (secondary N) is 4. The first kappa shape index (κ1) is 94.6. The summed E-state index contributed by atoms with van der Waals surface area (Å²) in [4.78, 5) is 98.9. The first-order valence-electron chi connectivity index (χ1n) is 40.3. The van der Waals surface area contributed by atoms with Crippen LogP contribution in [0.5, 0.6) is 0 Å². The number of anilines is 4. The van der Waals surface area contributed by atoms with Crippen LogP contribution in [0.4, 0.5) is 58.4 Å². The predicted molar refractivity (Wildman–Crippen MR) is 468 cm³/mol. The van der Waals surface area contributed by atoms with E-state index in [1.165, 1.54) is 77.3 Å². The van der Waals surface area contributed by atoms with E-state index in [0.29, 0.717) is 69.1 Å². The van der Waals surface area contributed by atoms with Gasteiger partial charge in [0.2, 0.25) is 0 Å². The molecule has 4 aromatic heterocycles. The van der Waals surface area contributed by atoms with Crippen LogP contribution in [0, 0.1) is 62.6 Å². The minimum Gasteiger partial charge on any atom is -0.383 e. The van der Waals surface area contributed by atoms with Crippen molar-refractivity contribution in [1.82, 2.24) is 65.3 Å². The third-order valence-electron chi connectivity index (χ3n) is 21.5. The summed E-state index contributed by atoms with van der Waals surface area (Å²) in [6.45, 7) is 14.9. The molecule has 674 valence electrons. The molecule has 0 bridgehead atoms. The number of carbonyl (C=O) groups excluding carboxylic acids is 8. The third-order valence-corrected chi connectivity index (χ3v) is 21.5. The van der Waals surface area contributed by atoms with Crippen LogP contribution in [0.3, 0.4) is 0 Å². The van der Waals surface area contributed by atoms with Crippen molar-refractivity contribution in [1.29, 1.82) is 0 Å². The van der Waals surface area contributed by atoms with Crippen LogP contribution in [0.1, 0.15) is 186 Å². The van der Waals surface area contributed by atoms with Gasteiger partial charge in [-0.1, -0.05) is 103 Å². The number of aryl methyl sites for hydroxylation is 4. The van der Waals surface area contributed by atoms with Gasteiger partial charge in [-0.2, -0.15) is 20.4 Å². The van der Waals surface area contributed by atoms with E-state index >= 15 is 0 Å². The summed E-state index contributed by atoms with van der Waals surface area (Å²) in [7, 11) is 1.54. The number of primary amides is 4. The molecule has 2 atom stereocenters. The molecule has 129 heavy (non-hydrogen) atoms. The molecule has 8 aromatic carbocycles. The molecule has 20 N–H and O–H groups in total. The number of nitrogens with two attached hydrogens (primary N) is 8. The zero-order chi connectivity index (χ0) is 94.1. The molecule has 14 rings (SSSR count). The summed E-state index contributed by atoms with van der Waals surface area (Å²) in [5.74, 6) is -12.6. The highest BCUT2D eigenvalue weighted by molar-refractivity contribution is 6.06. The summed E-state index contributed by atoms with van der Waals surface area (Å²) in [5, 5.41) is 28.0. The Hall–Kier alpha value is -15.1. The number of hydrogen-bond donors (Lipinski definition) is 12. The maximum atomic E-state index is 14.9. The Bertz CT molecular complexity index is 6300. The highest BCUT2D eigenvalue weighted by Crippen LogP contribution is 2.41. The number of nitrogens with zero attached hydrogens (tertiary/aromatic N) is 9. The molecule has 30 nitrogen and oxygen atoms in total. The monoisotopic (exact) mass is 1780 g/mol. The fourth-order valence-electron chi connectivity index (χ4n) is 14.5. The number of benzene rings is 8. The second-order valence-corrected chi connectivity index (χ2v) is 31.4. The smallest absolute Gasteiger partial charge is 0.283 e. The molecule has 8 amide bonds. The van der Waals surface area contributed by atoms with Gasteiger partial charge in [-0.25, -0.2) is 53.9 Å². The predicted octanol–water partition coefficient (Wildman–Crippen LogP) is 12.0. The molecular weight excluding hydrogens is 1680 g/mol. The molecule has 2 fully saturated rings. The number of hydrogen-bond acceptors (Lipinski definition) is 18. The van der Waals surface area contributed by atoms with Gasteiger partial charge in [0.25, 0.3) is 53.2 Å². The quantitative estimate of drug-likeness (QED) is 0.0250. The van der Waals surface area contributed by atoms with Crippen LogP contribution < -0.4 is 67.1 Å². The molecule has 2 aliphatic heterocycles. The van der Waals surface area contributed by atoms with Crippen molar-refractivity contribution < 1.29 is 78.2 Å². The van der Waals surface area contributed by atoms with E-state index in [9.17, 15) is 73.5 Å². The van der Waals surface area contributed by atoms with E-state index in [-0.39, 0.29) is 153 Å². The first-order valence-corrected chi connectivity index (χ1v) is 40.3. The van der Waals surface area contributed by atoms with E-state index in [1.807, 2.05) is 44.2 Å². The summed E-state index contributed by atoms with van der Waals surface area (Å²) >= 11 is 0. The van der Waals surface area contributed by atoms with Gasteiger partial charge in [0, 0.05) is 107 Å². The number of rotatable bonds is 24. The highest BCUT2D eigenvalue weighted by Gasteiger charge is 2.50. The molecule has 6 heterocycles. The minimum atomic E-state index is -3.13. The van der Waals surface area contributed by atoms with Crippen molar-refractivity contribution >= 4 is 70.5 Å². The van der Waals surface area contributed by atoms with Gasteiger partial charge in [0.05, 0.1) is 19.2 Å². The molecule has 0 radical (unpaired) electrons. The molecule has 2 saturated heterocycles. The number of alkyl halides is 2. The molecule has 12 aromatic rings. The highest BCUT2D eigenvalue weighted by atomic mass is 19.3. The Labute approximate surface area is 734 Å². The fraction of sp³-hybridized carbons (Fsp3) is 0.253. The molecule has 0 saturated carbocycles. The van der Waals surface area contributed by atoms with Crippen molar-refractivity contribution in [3.63, 3.8) is 0 Å². The molecular formula is C91H95F8N21O9. The number of aromatic nitrogens is 8. The van der Waals surface area contributed by atoms with Gasteiger partial charge in [-0.05, 0) is 157 Å². The zero-order valence-electron chi connectivity index (χ0n) is 71.5. The molecule has 0 spiro atoms. The maximum Gasteiger partial charge on any atom is 0.283 e. The maximum absolute atomic E-state index is 14.9. The Morgan fingerprint density at radius 2 is 0.829 bits per heavy atom. The molecule has 2 unspecified atom stereocenters. The summed E-state index contributed by atoms with van der Waals surface area (Å²) in [6, 6.07) is 38.1. The molecule has 0 aliphatic carbocycles. The van der Waals surface area contributed by atoms with Crippen LogP contribution in [-0.2, 0) is 30.9 Å². The van der Waals surface area contributed by atoms with Crippen LogP contribution in [0.25, 0.3) is 45.0 Å². The standard InChI is InChI=1S/C24H25F3N6O2.C23H24FN5O3.C22H22F3N5O2.C22H24FN5O2/c1-13-5-3-4-6-16(13)23(35)30-10-15-8-7-14(9-17(15)25)20-19(22(29)34)21(28)33(31-20)18-11-32(2)12-24(18,26)27;1-13-2-7-16(24)10-18(13)23(31)27-11-14-3-5-15(6-4-14)20-19(22(26)30)21(25)29(28-20)17-8-9-32-12-17;1-10(2)30-20(26)16(21(27)31)19(29-30)14-7-5-12(17(24)18(14)25)9-28-22(32)15-8-13(23)6-4-11(15)3;1-12(2)28-20(24)18(21(25)29)19(27-28)15-7-5-14(6-8-15)11-26-22(30)17-10-16(23)9-4-13(17)3/h3-9,18H,10-12,28H2,1-2H3,(H2,29,34)(H,30,35);2-7,10,17H,8-9,11-12,25H2,1H3,(H2,26,30)(H,27,31);4-8,10H,9,26H2,1-3H3,(H2,27,31)(H,28,32);4-10,12H,11,24H2,1-3H3,(H2,25,29)(H,26,30). The average molecular weight is 1780 g/mol. The number of carbonyl (C=O) groups is 8. The van der Waals surface area contributed by atoms with E-state index < -0.39 is 82.9 Å². The number of ether oxygens (including phenoxy) is 1. The Balaban J connectivity index is 0.000000167.